The van der Waals surface area contributed by atoms with Gasteiger partial charge in [-0.15, -0.1) is 0 Å². The molecule has 0 amide bonds. The molecule has 0 N–H and O–H groups in total. The summed E-state index contributed by atoms with van der Waals surface area (Å²) in [5, 5.41) is 0. The lowest BCUT2D eigenvalue weighted by atomic mass is 9.99. The Morgan fingerprint density at radius 3 is 2.92 bits per heavy atom. The summed E-state index contributed by atoms with van der Waals surface area (Å²) in [6.45, 7) is 4.45. The average molecular weight is 238 g/mol. The fourth-order valence-electron chi connectivity index (χ4n) is 1.74. The lowest BCUT2D eigenvalue weighted by molar-refractivity contribution is 0.856. The van der Waals surface area contributed by atoms with Crippen LogP contribution in [0.4, 0.5) is 0 Å². The lowest BCUT2D eigenvalue weighted by Gasteiger charge is -2.08. The van der Waals surface area contributed by atoms with Gasteiger partial charge in [0.05, 0.1) is 5.69 Å². The Morgan fingerprint density at radius 2 is 2.23 bits per heavy atom. The van der Waals surface area contributed by atoms with Gasteiger partial charge >= 0.3 is 0 Å². The van der Waals surface area contributed by atoms with Crippen LogP contribution in [0.15, 0.2) is 22.8 Å². The number of allylic oxidation sites excluding steroid dienone is 2. The predicted octanol–water partition coefficient (Wildman–Crippen LogP) is 3.44. The Labute approximate surface area is 87.0 Å². The van der Waals surface area contributed by atoms with Gasteiger partial charge in [0.25, 0.3) is 0 Å². The molecule has 0 atom stereocenters. The maximum Gasteiger partial charge on any atom is 0.0517 e. The molecule has 13 heavy (non-hydrogen) atoms. The van der Waals surface area contributed by atoms with E-state index < -0.39 is 0 Å². The summed E-state index contributed by atoms with van der Waals surface area (Å²) in [6.07, 6.45) is 5.15. The number of rotatable bonds is 1. The van der Waals surface area contributed by atoms with Crippen molar-refractivity contribution in [3.05, 3.63) is 34.1 Å². The summed E-state index contributed by atoms with van der Waals surface area (Å²) in [4.78, 5) is 4.39. The normalized spacial score (nSPS) is 14.6. The minimum Gasteiger partial charge on any atom is -0.259 e. The van der Waals surface area contributed by atoms with Crippen LogP contribution in [0, 0.1) is 5.92 Å². The minimum atomic E-state index is 0.595. The molecule has 1 aromatic heterocycles. The first-order valence-corrected chi connectivity index (χ1v) is 5.32. The third-order valence-corrected chi connectivity index (χ3v) is 2.82. The van der Waals surface area contributed by atoms with Gasteiger partial charge in [0.1, 0.15) is 0 Å². The SMILES string of the molecule is CC(C)C1=CCc2ncc(Br)cc21. The summed E-state index contributed by atoms with van der Waals surface area (Å²) >= 11 is 3.45. The van der Waals surface area contributed by atoms with Gasteiger partial charge < -0.3 is 0 Å². The van der Waals surface area contributed by atoms with Crippen LogP contribution in [0.3, 0.4) is 0 Å². The lowest BCUT2D eigenvalue weighted by Crippen LogP contribution is -1.93. The molecule has 1 aromatic rings. The van der Waals surface area contributed by atoms with Gasteiger partial charge in [-0.3, -0.25) is 4.98 Å². The number of hydrogen-bond acceptors (Lipinski definition) is 1. The Kier molecular flexibility index (Phi) is 2.24. The summed E-state index contributed by atoms with van der Waals surface area (Å²) < 4.78 is 1.07. The van der Waals surface area contributed by atoms with Crippen LogP contribution in [-0.4, -0.2) is 4.98 Å². The van der Waals surface area contributed by atoms with E-state index in [1.165, 1.54) is 16.8 Å². The largest absolute Gasteiger partial charge is 0.259 e. The molecule has 68 valence electrons. The highest BCUT2D eigenvalue weighted by Gasteiger charge is 2.17. The Morgan fingerprint density at radius 1 is 1.46 bits per heavy atom. The Bertz CT molecular complexity index is 366. The van der Waals surface area contributed by atoms with Crippen LogP contribution >= 0.6 is 15.9 Å². The van der Waals surface area contributed by atoms with Gasteiger partial charge in [-0.05, 0) is 33.5 Å². The van der Waals surface area contributed by atoms with Crippen LogP contribution in [0.5, 0.6) is 0 Å². The second-order valence-corrected chi connectivity index (χ2v) is 4.58. The molecule has 1 aliphatic carbocycles. The van der Waals surface area contributed by atoms with Crippen molar-refractivity contribution in [1.29, 1.82) is 0 Å². The van der Waals surface area contributed by atoms with Gasteiger partial charge in [-0.2, -0.15) is 0 Å². The molecular formula is C11H12BrN. The van der Waals surface area contributed by atoms with Crippen LogP contribution in [0.25, 0.3) is 5.57 Å². The first-order chi connectivity index (χ1) is 6.18. The molecule has 2 heteroatoms. The molecule has 0 aromatic carbocycles. The maximum absolute atomic E-state index is 4.39. The van der Waals surface area contributed by atoms with E-state index in [9.17, 15) is 0 Å². The third kappa shape index (κ3) is 1.55. The van der Waals surface area contributed by atoms with E-state index >= 15 is 0 Å². The zero-order valence-corrected chi connectivity index (χ0v) is 9.43. The van der Waals surface area contributed by atoms with Gasteiger partial charge in [-0.25, -0.2) is 0 Å². The smallest absolute Gasteiger partial charge is 0.0517 e. The molecule has 0 radical (unpaired) electrons. The fourth-order valence-corrected chi connectivity index (χ4v) is 2.07. The van der Waals surface area contributed by atoms with Crippen molar-refractivity contribution < 1.29 is 0 Å². The van der Waals surface area contributed by atoms with Gasteiger partial charge in [0.2, 0.25) is 0 Å². The molecule has 0 fully saturated rings. The van der Waals surface area contributed by atoms with E-state index in [0.29, 0.717) is 5.92 Å². The maximum atomic E-state index is 4.39. The molecular weight excluding hydrogens is 226 g/mol. The van der Waals surface area contributed by atoms with Crippen molar-refractivity contribution in [1.82, 2.24) is 4.98 Å². The molecule has 0 aliphatic heterocycles. The van der Waals surface area contributed by atoms with E-state index in [1.807, 2.05) is 6.20 Å². The first kappa shape index (κ1) is 8.95. The van der Waals surface area contributed by atoms with E-state index in [0.717, 1.165) is 10.9 Å². The Hall–Kier alpha value is -0.630. The highest BCUT2D eigenvalue weighted by molar-refractivity contribution is 9.10. The molecule has 0 spiro atoms. The van der Waals surface area contributed by atoms with Crippen molar-refractivity contribution in [3.63, 3.8) is 0 Å². The summed E-state index contributed by atoms with van der Waals surface area (Å²) in [7, 11) is 0. The molecule has 1 heterocycles. The van der Waals surface area contributed by atoms with Crippen LogP contribution in [0.1, 0.15) is 25.1 Å². The van der Waals surface area contributed by atoms with Crippen molar-refractivity contribution >= 4 is 21.5 Å². The predicted molar refractivity (Wildman–Crippen MR) is 58.5 cm³/mol. The quantitative estimate of drug-likeness (QED) is 0.730. The second kappa shape index (κ2) is 3.26. The highest BCUT2D eigenvalue weighted by Crippen LogP contribution is 2.32. The van der Waals surface area contributed by atoms with Crippen molar-refractivity contribution in [2.24, 2.45) is 5.92 Å². The fraction of sp³-hybridized carbons (Fsp3) is 0.364. The number of nitrogens with zero attached hydrogens (tertiary/aromatic N) is 1. The molecule has 0 unspecified atom stereocenters. The van der Waals surface area contributed by atoms with Gasteiger partial charge in [0, 0.05) is 22.7 Å². The van der Waals surface area contributed by atoms with Gasteiger partial charge in [0.15, 0.2) is 0 Å². The topological polar surface area (TPSA) is 12.9 Å². The monoisotopic (exact) mass is 237 g/mol. The van der Waals surface area contributed by atoms with E-state index in [1.54, 1.807) is 0 Å². The third-order valence-electron chi connectivity index (χ3n) is 2.39. The highest BCUT2D eigenvalue weighted by atomic mass is 79.9. The average Bonchev–Trinajstić information content (AvgIpc) is 2.46. The minimum absolute atomic E-state index is 0.595. The number of hydrogen-bond donors (Lipinski definition) is 0. The van der Waals surface area contributed by atoms with E-state index in [-0.39, 0.29) is 0 Å². The number of aromatic nitrogens is 1. The standard InChI is InChI=1S/C11H12BrN/c1-7(2)9-3-4-11-10(9)5-8(12)6-13-11/h3,5-7H,4H2,1-2H3. The molecule has 0 saturated carbocycles. The van der Waals surface area contributed by atoms with E-state index in [4.69, 9.17) is 0 Å². The first-order valence-electron chi connectivity index (χ1n) is 4.53. The second-order valence-electron chi connectivity index (χ2n) is 3.67. The van der Waals surface area contributed by atoms with E-state index in [2.05, 4.69) is 46.9 Å². The van der Waals surface area contributed by atoms with Crippen LogP contribution in [-0.2, 0) is 6.42 Å². The van der Waals surface area contributed by atoms with Crippen molar-refractivity contribution in [2.75, 3.05) is 0 Å². The summed E-state index contributed by atoms with van der Waals surface area (Å²) in [5.74, 6) is 0.595. The van der Waals surface area contributed by atoms with Crippen LogP contribution < -0.4 is 0 Å². The number of pyridine rings is 1. The Balaban J connectivity index is 2.48. The molecule has 1 nitrogen and oxygen atoms in total. The van der Waals surface area contributed by atoms with Gasteiger partial charge in [-0.1, -0.05) is 19.9 Å². The number of fused-ring (bicyclic) bond motifs is 1. The molecule has 2 rings (SSSR count). The van der Waals surface area contributed by atoms with Crippen molar-refractivity contribution in [2.45, 2.75) is 20.3 Å². The molecule has 1 aliphatic rings. The van der Waals surface area contributed by atoms with Crippen LogP contribution in [0.2, 0.25) is 0 Å². The molecule has 0 saturated heterocycles. The zero-order valence-electron chi connectivity index (χ0n) is 7.84. The zero-order chi connectivity index (χ0) is 9.42. The summed E-state index contributed by atoms with van der Waals surface area (Å²) in [5.41, 5.74) is 3.97. The summed E-state index contributed by atoms with van der Waals surface area (Å²) in [6, 6.07) is 2.17. The van der Waals surface area contributed by atoms with Crippen molar-refractivity contribution in [3.8, 4) is 0 Å². The molecule has 0 bridgehead atoms. The number of halogens is 1.